The molecule has 19 heavy (non-hydrogen) atoms. The predicted molar refractivity (Wildman–Crippen MR) is 94.6 cm³/mol. The molecule has 0 bridgehead atoms. The number of aliphatic imine (C=N–C) groups is 1. The molecule has 0 radical (unpaired) electrons. The van der Waals surface area contributed by atoms with Crippen molar-refractivity contribution in [3.63, 3.8) is 0 Å². The Bertz CT molecular complexity index is 232. The van der Waals surface area contributed by atoms with E-state index < -0.39 is 0 Å². The molecule has 2 N–H and O–H groups in total. The quantitative estimate of drug-likeness (QED) is 0.421. The van der Waals surface area contributed by atoms with Crippen LogP contribution in [0, 0.1) is 0 Å². The lowest BCUT2D eigenvalue weighted by atomic mass is 9.94. The largest absolute Gasteiger partial charge is 0.357 e. The van der Waals surface area contributed by atoms with E-state index in [1.54, 1.807) is 0 Å². The van der Waals surface area contributed by atoms with Crippen LogP contribution in [0.4, 0.5) is 0 Å². The minimum Gasteiger partial charge on any atom is -0.357 e. The van der Waals surface area contributed by atoms with Gasteiger partial charge in [0.25, 0.3) is 0 Å². The van der Waals surface area contributed by atoms with Gasteiger partial charge >= 0.3 is 0 Å². The first kappa shape index (κ1) is 19.0. The zero-order valence-electron chi connectivity index (χ0n) is 12.7. The molecule has 1 fully saturated rings. The van der Waals surface area contributed by atoms with E-state index in [9.17, 15) is 0 Å². The van der Waals surface area contributed by atoms with Gasteiger partial charge in [-0.25, -0.2) is 0 Å². The minimum absolute atomic E-state index is 0. The van der Waals surface area contributed by atoms with Crippen molar-refractivity contribution in [1.82, 2.24) is 15.5 Å². The van der Waals surface area contributed by atoms with Crippen LogP contribution in [0.25, 0.3) is 0 Å². The zero-order valence-corrected chi connectivity index (χ0v) is 15.1. The predicted octanol–water partition coefficient (Wildman–Crippen LogP) is 2.44. The van der Waals surface area contributed by atoms with Crippen molar-refractivity contribution in [3.8, 4) is 0 Å². The normalized spacial score (nSPS) is 15.8. The third-order valence-corrected chi connectivity index (χ3v) is 3.61. The van der Waals surface area contributed by atoms with E-state index in [-0.39, 0.29) is 24.0 Å². The molecule has 1 aliphatic carbocycles. The molecular formula is C14H31IN4. The Kier molecular flexibility index (Phi) is 11.7. The van der Waals surface area contributed by atoms with Crippen LogP contribution in [0.1, 0.15) is 46.0 Å². The maximum absolute atomic E-state index is 4.59. The van der Waals surface area contributed by atoms with Crippen LogP contribution in [0.15, 0.2) is 4.99 Å². The fourth-order valence-corrected chi connectivity index (χ4v) is 2.53. The lowest BCUT2D eigenvalue weighted by Gasteiger charge is -2.30. The van der Waals surface area contributed by atoms with E-state index in [0.717, 1.165) is 38.2 Å². The number of likely N-dealkylation sites (N-methyl/N-ethyl adjacent to an activating group) is 1. The van der Waals surface area contributed by atoms with Gasteiger partial charge in [0.15, 0.2) is 5.96 Å². The van der Waals surface area contributed by atoms with Crippen molar-refractivity contribution in [1.29, 1.82) is 0 Å². The summed E-state index contributed by atoms with van der Waals surface area (Å²) in [6.45, 7) is 7.98. The summed E-state index contributed by atoms with van der Waals surface area (Å²) >= 11 is 0. The van der Waals surface area contributed by atoms with E-state index in [2.05, 4.69) is 41.4 Å². The lowest BCUT2D eigenvalue weighted by molar-refractivity contribution is 0.196. The SMILES string of the molecule is CCNC(=NCCN(C)C1CCCCC1)NCC.I. The summed E-state index contributed by atoms with van der Waals surface area (Å²) in [5.41, 5.74) is 0. The second-order valence-corrected chi connectivity index (χ2v) is 5.06. The topological polar surface area (TPSA) is 39.7 Å². The summed E-state index contributed by atoms with van der Waals surface area (Å²) in [6.07, 6.45) is 6.96. The highest BCUT2D eigenvalue weighted by Crippen LogP contribution is 2.21. The molecule has 0 aromatic rings. The molecule has 0 atom stereocenters. The molecule has 0 unspecified atom stereocenters. The van der Waals surface area contributed by atoms with Gasteiger partial charge < -0.3 is 15.5 Å². The van der Waals surface area contributed by atoms with Crippen molar-refractivity contribution in [2.75, 3.05) is 33.2 Å². The molecule has 0 aromatic heterocycles. The van der Waals surface area contributed by atoms with Crippen LogP contribution in [0.5, 0.6) is 0 Å². The average Bonchev–Trinajstić information content (AvgIpc) is 2.40. The number of hydrogen-bond donors (Lipinski definition) is 2. The Morgan fingerprint density at radius 2 is 1.68 bits per heavy atom. The van der Waals surface area contributed by atoms with Crippen LogP contribution in [-0.2, 0) is 0 Å². The van der Waals surface area contributed by atoms with E-state index in [4.69, 9.17) is 0 Å². The monoisotopic (exact) mass is 382 g/mol. The molecule has 0 aromatic carbocycles. The third kappa shape index (κ3) is 7.97. The Hall–Kier alpha value is -0.0400. The average molecular weight is 382 g/mol. The maximum Gasteiger partial charge on any atom is 0.191 e. The summed E-state index contributed by atoms with van der Waals surface area (Å²) in [4.78, 5) is 7.08. The Balaban J connectivity index is 0.00000324. The summed E-state index contributed by atoms with van der Waals surface area (Å²) in [5, 5.41) is 6.51. The molecule has 5 heteroatoms. The van der Waals surface area contributed by atoms with Gasteiger partial charge in [0.1, 0.15) is 0 Å². The lowest BCUT2D eigenvalue weighted by Crippen LogP contribution is -2.39. The molecule has 1 saturated carbocycles. The van der Waals surface area contributed by atoms with Gasteiger partial charge in [-0.3, -0.25) is 4.99 Å². The van der Waals surface area contributed by atoms with Crippen molar-refractivity contribution in [3.05, 3.63) is 0 Å². The van der Waals surface area contributed by atoms with Gasteiger partial charge in [0.2, 0.25) is 0 Å². The molecule has 1 rings (SSSR count). The minimum atomic E-state index is 0. The van der Waals surface area contributed by atoms with E-state index in [1.807, 2.05) is 0 Å². The number of nitrogens with zero attached hydrogens (tertiary/aromatic N) is 2. The van der Waals surface area contributed by atoms with Gasteiger partial charge in [-0.1, -0.05) is 19.3 Å². The highest BCUT2D eigenvalue weighted by Gasteiger charge is 2.17. The molecule has 0 amide bonds. The highest BCUT2D eigenvalue weighted by atomic mass is 127. The zero-order chi connectivity index (χ0) is 13.2. The fourth-order valence-electron chi connectivity index (χ4n) is 2.53. The van der Waals surface area contributed by atoms with Crippen molar-refractivity contribution in [2.24, 2.45) is 4.99 Å². The Morgan fingerprint density at radius 3 is 2.21 bits per heavy atom. The molecule has 0 aliphatic heterocycles. The number of halogens is 1. The second-order valence-electron chi connectivity index (χ2n) is 5.06. The third-order valence-electron chi connectivity index (χ3n) is 3.61. The fraction of sp³-hybridized carbons (Fsp3) is 0.929. The molecule has 0 spiro atoms. The van der Waals surface area contributed by atoms with E-state index >= 15 is 0 Å². The van der Waals surface area contributed by atoms with E-state index in [1.165, 1.54) is 32.1 Å². The number of rotatable bonds is 6. The standard InChI is InChI=1S/C14H30N4.HI/c1-4-15-14(16-5-2)17-11-12-18(3)13-9-7-6-8-10-13;/h13H,4-12H2,1-3H3,(H2,15,16,17);1H. The highest BCUT2D eigenvalue weighted by molar-refractivity contribution is 14.0. The maximum atomic E-state index is 4.59. The first-order valence-electron chi connectivity index (χ1n) is 7.50. The summed E-state index contributed by atoms with van der Waals surface area (Å²) < 4.78 is 0. The molecule has 0 saturated heterocycles. The first-order valence-corrected chi connectivity index (χ1v) is 7.50. The first-order chi connectivity index (χ1) is 8.77. The summed E-state index contributed by atoms with van der Waals surface area (Å²) in [5.74, 6) is 0.942. The molecule has 114 valence electrons. The summed E-state index contributed by atoms with van der Waals surface area (Å²) in [6, 6.07) is 0.788. The van der Waals surface area contributed by atoms with Crippen molar-refractivity contribution in [2.45, 2.75) is 52.0 Å². The van der Waals surface area contributed by atoms with Gasteiger partial charge in [-0.05, 0) is 33.7 Å². The van der Waals surface area contributed by atoms with Gasteiger partial charge in [0.05, 0.1) is 6.54 Å². The van der Waals surface area contributed by atoms with Gasteiger partial charge in [-0.15, -0.1) is 24.0 Å². The van der Waals surface area contributed by atoms with Crippen LogP contribution in [0.2, 0.25) is 0 Å². The molecule has 4 nitrogen and oxygen atoms in total. The smallest absolute Gasteiger partial charge is 0.191 e. The van der Waals surface area contributed by atoms with Gasteiger partial charge in [-0.2, -0.15) is 0 Å². The van der Waals surface area contributed by atoms with Crippen LogP contribution >= 0.6 is 24.0 Å². The molecule has 1 aliphatic rings. The molecular weight excluding hydrogens is 351 g/mol. The van der Waals surface area contributed by atoms with Crippen LogP contribution in [0.3, 0.4) is 0 Å². The number of hydrogen-bond acceptors (Lipinski definition) is 2. The van der Waals surface area contributed by atoms with Crippen molar-refractivity contribution < 1.29 is 0 Å². The Morgan fingerprint density at radius 1 is 1.11 bits per heavy atom. The second kappa shape index (κ2) is 11.8. The number of nitrogens with one attached hydrogen (secondary N) is 2. The number of guanidine groups is 1. The van der Waals surface area contributed by atoms with Crippen LogP contribution in [-0.4, -0.2) is 50.1 Å². The van der Waals surface area contributed by atoms with Gasteiger partial charge in [0, 0.05) is 25.7 Å². The van der Waals surface area contributed by atoms with Crippen molar-refractivity contribution >= 4 is 29.9 Å². The molecule has 0 heterocycles. The van der Waals surface area contributed by atoms with E-state index in [0.29, 0.717) is 0 Å². The summed E-state index contributed by atoms with van der Waals surface area (Å²) in [7, 11) is 2.24. The Labute approximate surface area is 135 Å². The van der Waals surface area contributed by atoms with Crippen LogP contribution < -0.4 is 10.6 Å².